The number of hydrogen-bond donors (Lipinski definition) is 1. The molecule has 0 spiro atoms. The van der Waals surface area contributed by atoms with Crippen molar-refractivity contribution in [2.45, 2.75) is 6.54 Å². The second-order valence-electron chi connectivity index (χ2n) is 5.09. The highest BCUT2D eigenvalue weighted by molar-refractivity contribution is 9.11. The molecular weight excluding hydrogens is 394 g/mol. The van der Waals surface area contributed by atoms with Crippen molar-refractivity contribution in [3.05, 3.63) is 51.0 Å². The topological polar surface area (TPSA) is 79.6 Å². The molecule has 0 unspecified atom stereocenters. The van der Waals surface area contributed by atoms with Crippen molar-refractivity contribution in [1.29, 1.82) is 0 Å². The number of nitrogens with one attached hydrogen (secondary N) is 1. The summed E-state index contributed by atoms with van der Waals surface area (Å²) in [5, 5.41) is 10.8. The van der Waals surface area contributed by atoms with Gasteiger partial charge in [-0.1, -0.05) is 6.07 Å². The van der Waals surface area contributed by atoms with Crippen molar-refractivity contribution in [1.82, 2.24) is 24.8 Å². The fraction of sp³-hybridized carbons (Fsp3) is 0.200. The monoisotopic (exact) mass is 407 g/mol. The molecule has 2 amide bonds. The molecule has 0 atom stereocenters. The van der Waals surface area contributed by atoms with Gasteiger partial charge in [0, 0.05) is 13.2 Å². The van der Waals surface area contributed by atoms with Crippen molar-refractivity contribution in [3.63, 3.8) is 0 Å². The van der Waals surface area contributed by atoms with Crippen molar-refractivity contribution < 1.29 is 9.59 Å². The Morgan fingerprint density at radius 3 is 2.88 bits per heavy atom. The SMILES string of the molecule is CN(CC(=O)NCc1nnc2ccccn12)C(=O)c1ccc(Br)s1. The molecule has 0 saturated carbocycles. The van der Waals surface area contributed by atoms with E-state index >= 15 is 0 Å². The van der Waals surface area contributed by atoms with E-state index in [4.69, 9.17) is 0 Å². The summed E-state index contributed by atoms with van der Waals surface area (Å²) in [5.74, 6) is 0.193. The Labute approximate surface area is 150 Å². The molecule has 0 bridgehead atoms. The maximum Gasteiger partial charge on any atom is 0.264 e. The van der Waals surface area contributed by atoms with E-state index in [-0.39, 0.29) is 24.9 Å². The van der Waals surface area contributed by atoms with Crippen LogP contribution in [0, 0.1) is 0 Å². The van der Waals surface area contributed by atoms with Gasteiger partial charge in [0.1, 0.15) is 0 Å². The molecule has 0 saturated heterocycles. The Kier molecular flexibility index (Phi) is 4.91. The number of pyridine rings is 1. The van der Waals surface area contributed by atoms with Crippen molar-refractivity contribution in [2.24, 2.45) is 0 Å². The van der Waals surface area contributed by atoms with Gasteiger partial charge < -0.3 is 10.2 Å². The smallest absolute Gasteiger partial charge is 0.264 e. The van der Waals surface area contributed by atoms with E-state index in [0.717, 1.165) is 9.43 Å². The summed E-state index contributed by atoms with van der Waals surface area (Å²) in [7, 11) is 1.60. The van der Waals surface area contributed by atoms with Gasteiger partial charge in [-0.3, -0.25) is 14.0 Å². The van der Waals surface area contributed by atoms with Crippen molar-refractivity contribution >= 4 is 44.7 Å². The minimum absolute atomic E-state index is 0.0227. The van der Waals surface area contributed by atoms with Crippen LogP contribution in [-0.2, 0) is 11.3 Å². The molecule has 0 aromatic carbocycles. The predicted molar refractivity (Wildman–Crippen MR) is 93.8 cm³/mol. The van der Waals surface area contributed by atoms with Crippen LogP contribution in [0.2, 0.25) is 0 Å². The molecule has 3 aromatic heterocycles. The third-order valence-electron chi connectivity index (χ3n) is 3.34. The van der Waals surface area contributed by atoms with Gasteiger partial charge in [-0.25, -0.2) is 0 Å². The number of halogens is 1. The van der Waals surface area contributed by atoms with E-state index in [1.807, 2.05) is 30.5 Å². The number of thiophene rings is 1. The van der Waals surface area contributed by atoms with Crippen molar-refractivity contribution in [2.75, 3.05) is 13.6 Å². The average Bonchev–Trinajstić information content (AvgIpc) is 3.18. The maximum atomic E-state index is 12.2. The standard InChI is InChI=1S/C15H14BrN5O2S/c1-20(15(23)10-5-6-11(16)24-10)9-14(22)17-8-13-19-18-12-4-2-3-7-21(12)13/h2-7H,8-9H2,1H3,(H,17,22). The summed E-state index contributed by atoms with van der Waals surface area (Å²) < 4.78 is 2.68. The van der Waals surface area contributed by atoms with Crippen LogP contribution >= 0.6 is 27.3 Å². The van der Waals surface area contributed by atoms with E-state index in [0.29, 0.717) is 10.7 Å². The van der Waals surface area contributed by atoms with Crippen LogP contribution in [0.25, 0.3) is 5.65 Å². The van der Waals surface area contributed by atoms with Crippen LogP contribution in [0.15, 0.2) is 40.3 Å². The lowest BCUT2D eigenvalue weighted by Crippen LogP contribution is -2.38. The number of nitrogens with zero attached hydrogens (tertiary/aromatic N) is 4. The fourth-order valence-electron chi connectivity index (χ4n) is 2.15. The second kappa shape index (κ2) is 7.10. The van der Waals surface area contributed by atoms with Crippen LogP contribution in [0.4, 0.5) is 0 Å². The molecule has 7 nitrogen and oxygen atoms in total. The first kappa shape index (κ1) is 16.6. The van der Waals surface area contributed by atoms with Gasteiger partial charge in [-0.15, -0.1) is 21.5 Å². The van der Waals surface area contributed by atoms with Crippen LogP contribution in [0.3, 0.4) is 0 Å². The van der Waals surface area contributed by atoms with Gasteiger partial charge in [0.25, 0.3) is 5.91 Å². The Bertz CT molecular complexity index is 891. The van der Waals surface area contributed by atoms with Gasteiger partial charge in [-0.2, -0.15) is 0 Å². The molecule has 0 fully saturated rings. The Morgan fingerprint density at radius 1 is 1.29 bits per heavy atom. The largest absolute Gasteiger partial charge is 0.347 e. The predicted octanol–water partition coefficient (Wildman–Crippen LogP) is 1.94. The van der Waals surface area contributed by atoms with Gasteiger partial charge in [0.15, 0.2) is 11.5 Å². The Morgan fingerprint density at radius 2 is 2.12 bits per heavy atom. The van der Waals surface area contributed by atoms with Gasteiger partial charge in [0.05, 0.1) is 21.8 Å². The summed E-state index contributed by atoms with van der Waals surface area (Å²) in [6.45, 7) is 0.224. The van der Waals surface area contributed by atoms with Crippen LogP contribution in [0.1, 0.15) is 15.5 Å². The molecule has 0 aliphatic carbocycles. The highest BCUT2D eigenvalue weighted by atomic mass is 79.9. The number of fused-ring (bicyclic) bond motifs is 1. The number of amides is 2. The number of hydrogen-bond acceptors (Lipinski definition) is 5. The van der Waals surface area contributed by atoms with Gasteiger partial charge >= 0.3 is 0 Å². The zero-order chi connectivity index (χ0) is 17.1. The molecular formula is C15H14BrN5O2S. The summed E-state index contributed by atoms with van der Waals surface area (Å²) in [4.78, 5) is 26.2. The minimum Gasteiger partial charge on any atom is -0.347 e. The molecule has 124 valence electrons. The molecule has 3 heterocycles. The number of rotatable bonds is 5. The van der Waals surface area contributed by atoms with Gasteiger partial charge in [0.2, 0.25) is 5.91 Å². The maximum absolute atomic E-state index is 12.2. The first-order chi connectivity index (χ1) is 11.5. The van der Waals surface area contributed by atoms with Crippen LogP contribution in [-0.4, -0.2) is 44.9 Å². The molecule has 0 aliphatic heterocycles. The molecule has 0 radical (unpaired) electrons. The van der Waals surface area contributed by atoms with E-state index in [2.05, 4.69) is 31.4 Å². The van der Waals surface area contributed by atoms with Gasteiger partial charge in [-0.05, 0) is 40.2 Å². The first-order valence-electron chi connectivity index (χ1n) is 7.11. The lowest BCUT2D eigenvalue weighted by Gasteiger charge is -2.15. The number of carbonyl (C=O) groups is 2. The fourth-order valence-corrected chi connectivity index (χ4v) is 3.53. The molecule has 24 heavy (non-hydrogen) atoms. The molecule has 9 heteroatoms. The summed E-state index contributed by atoms with van der Waals surface area (Å²) in [5.41, 5.74) is 0.720. The molecule has 1 N–H and O–H groups in total. The van der Waals surface area contributed by atoms with Crippen LogP contribution < -0.4 is 5.32 Å². The highest BCUT2D eigenvalue weighted by Gasteiger charge is 2.17. The van der Waals surface area contributed by atoms with E-state index < -0.39 is 0 Å². The summed E-state index contributed by atoms with van der Waals surface area (Å²) in [6.07, 6.45) is 1.83. The Balaban J connectivity index is 1.56. The first-order valence-corrected chi connectivity index (χ1v) is 8.71. The number of carbonyl (C=O) groups excluding carboxylic acids is 2. The zero-order valence-electron chi connectivity index (χ0n) is 12.8. The normalized spacial score (nSPS) is 10.8. The summed E-state index contributed by atoms with van der Waals surface area (Å²) >= 11 is 4.66. The molecule has 0 aliphatic rings. The molecule has 3 aromatic rings. The van der Waals surface area contributed by atoms with E-state index in [1.165, 1.54) is 16.2 Å². The second-order valence-corrected chi connectivity index (χ2v) is 7.55. The van der Waals surface area contributed by atoms with E-state index in [1.54, 1.807) is 17.5 Å². The van der Waals surface area contributed by atoms with Crippen molar-refractivity contribution in [3.8, 4) is 0 Å². The van der Waals surface area contributed by atoms with Crippen LogP contribution in [0.5, 0.6) is 0 Å². The minimum atomic E-state index is -0.255. The lowest BCUT2D eigenvalue weighted by atomic mass is 10.4. The highest BCUT2D eigenvalue weighted by Crippen LogP contribution is 2.22. The quantitative estimate of drug-likeness (QED) is 0.700. The third-order valence-corrected chi connectivity index (χ3v) is 4.95. The molecule has 3 rings (SSSR count). The number of likely N-dealkylation sites (N-methyl/N-ethyl adjacent to an activating group) is 1. The zero-order valence-corrected chi connectivity index (χ0v) is 15.2. The Hall–Kier alpha value is -2.26. The van der Waals surface area contributed by atoms with E-state index in [9.17, 15) is 9.59 Å². The lowest BCUT2D eigenvalue weighted by molar-refractivity contribution is -0.121. The average molecular weight is 408 g/mol. The third kappa shape index (κ3) is 3.62. The summed E-state index contributed by atoms with van der Waals surface area (Å²) in [6, 6.07) is 9.11. The number of aromatic nitrogens is 3.